The van der Waals surface area contributed by atoms with E-state index in [9.17, 15) is 65.9 Å². The monoisotopic (exact) mass is 1270 g/mol. The van der Waals surface area contributed by atoms with E-state index in [0.717, 1.165) is 50.1 Å². The van der Waals surface area contributed by atoms with Gasteiger partial charge in [-0.3, -0.25) is 52.7 Å². The highest BCUT2D eigenvalue weighted by Crippen LogP contribution is 2.38. The molecule has 4 N–H and O–H groups in total. The van der Waals surface area contributed by atoms with Crippen molar-refractivity contribution in [3.8, 4) is 0 Å². The number of carbonyl (C=O) groups is 11. The summed E-state index contributed by atoms with van der Waals surface area (Å²) in [7, 11) is 8.36. The molecule has 4 aliphatic rings. The molecule has 4 fully saturated rings. The van der Waals surface area contributed by atoms with Crippen LogP contribution in [0.4, 0.5) is 13.2 Å². The average Bonchev–Trinajstić information content (AvgIpc) is 3.49. The molecule has 2 saturated heterocycles. The number of nitrogens with one attached hydrogen (secondary N) is 4. The van der Waals surface area contributed by atoms with Gasteiger partial charge >= 0.3 is 6.18 Å². The summed E-state index contributed by atoms with van der Waals surface area (Å²) in [5.41, 5.74) is -0.663. The smallest absolute Gasteiger partial charge is 0.351 e. The lowest BCUT2D eigenvalue weighted by Gasteiger charge is -2.46. The Hall–Kier alpha value is -7.31. The van der Waals surface area contributed by atoms with Crippen molar-refractivity contribution in [2.45, 2.75) is 179 Å². The standard InChI is InChI=1S/C63H89ClF3N11O11/c1-12-38(3)53-60(88)74(8)35-51(81)72(6)36-52(82)76(10)48(33-42-22-20-37(2)21-23-42)59(87)73(7)34-49(79)69-46(27-25-41-24-26-44(45(64)32-41)63(65,66)67)58(86)78-30-15-19-47(78)56(84)71-62(28-16-29-62)61(89)77(11)54(43-17-13-14-18-43)57(85)68-39(4)31-50(80)75(9)40(5)55(83)70-53/h20-24,26,32,38-40,43,46-48,53-54H,12-19,25,27-31,33-36H2,1-11H3,(H,68,85)(H,69,79)(H,70,83)(H,71,84)/t38-,39+,40-,46-,47-,48-,53-,54-/m0/s1. The molecule has 22 nitrogen and oxygen atoms in total. The Morgan fingerprint density at radius 3 is 1.88 bits per heavy atom. The maximum Gasteiger partial charge on any atom is 0.417 e. The molecule has 0 bridgehead atoms. The third-order valence-electron chi connectivity index (χ3n) is 18.4. The fraction of sp³-hybridized carbons (Fsp3) is 0.635. The van der Waals surface area contributed by atoms with Crippen LogP contribution in [-0.4, -0.2) is 216 Å². The third-order valence-corrected chi connectivity index (χ3v) is 18.7. The molecular weight excluding hydrogens is 1180 g/mol. The summed E-state index contributed by atoms with van der Waals surface area (Å²) in [6.45, 7) is 6.88. The number of aryl methyl sites for hydroxylation is 2. The lowest BCUT2D eigenvalue weighted by molar-refractivity contribution is -0.152. The second-order valence-electron chi connectivity index (χ2n) is 25.0. The quantitative estimate of drug-likeness (QED) is 0.295. The third kappa shape index (κ3) is 17.6. The number of hydrogen-bond donors (Lipinski definition) is 4. The van der Waals surface area contributed by atoms with Gasteiger partial charge in [0.25, 0.3) is 0 Å². The van der Waals surface area contributed by atoms with Crippen LogP contribution in [0.1, 0.15) is 127 Å². The summed E-state index contributed by atoms with van der Waals surface area (Å²) >= 11 is 6.10. The van der Waals surface area contributed by atoms with Gasteiger partial charge in [-0.1, -0.05) is 80.6 Å². The van der Waals surface area contributed by atoms with Gasteiger partial charge in [0, 0.05) is 67.7 Å². The highest BCUT2D eigenvalue weighted by molar-refractivity contribution is 6.31. The predicted molar refractivity (Wildman–Crippen MR) is 325 cm³/mol. The Labute approximate surface area is 524 Å². The summed E-state index contributed by atoms with van der Waals surface area (Å²) in [6.07, 6.45) is -0.498. The van der Waals surface area contributed by atoms with Crippen molar-refractivity contribution in [1.29, 1.82) is 0 Å². The van der Waals surface area contributed by atoms with Gasteiger partial charge in [-0.2, -0.15) is 13.2 Å². The van der Waals surface area contributed by atoms with Crippen LogP contribution in [0, 0.1) is 18.8 Å². The Morgan fingerprint density at radius 1 is 0.663 bits per heavy atom. The van der Waals surface area contributed by atoms with Gasteiger partial charge in [-0.15, -0.1) is 0 Å². The second-order valence-corrected chi connectivity index (χ2v) is 25.4. The molecule has 8 atom stereocenters. The topological polar surface area (TPSA) is 259 Å². The van der Waals surface area contributed by atoms with Crippen LogP contribution in [0.3, 0.4) is 0 Å². The normalized spacial score (nSPS) is 26.0. The summed E-state index contributed by atoms with van der Waals surface area (Å²) in [4.78, 5) is 166. The van der Waals surface area contributed by atoms with Crippen molar-refractivity contribution < 1.29 is 65.9 Å². The molecule has 2 aliphatic carbocycles. The van der Waals surface area contributed by atoms with Crippen LogP contribution < -0.4 is 21.3 Å². The molecule has 1 spiro atoms. The number of halogens is 4. The highest BCUT2D eigenvalue weighted by Gasteiger charge is 2.52. The molecular formula is C63H89ClF3N11O11. The first kappa shape index (κ1) is 70.8. The summed E-state index contributed by atoms with van der Waals surface area (Å²) < 4.78 is 41.2. The van der Waals surface area contributed by atoms with E-state index in [1.807, 2.05) is 26.0 Å². The minimum absolute atomic E-state index is 0.0402. The largest absolute Gasteiger partial charge is 0.417 e. The number of likely N-dealkylation sites (N-methyl/N-ethyl adjacent to an activating group) is 6. The first-order valence-corrected chi connectivity index (χ1v) is 31.1. The van der Waals surface area contributed by atoms with Crippen molar-refractivity contribution in [2.24, 2.45) is 11.8 Å². The van der Waals surface area contributed by atoms with E-state index in [0.29, 0.717) is 43.2 Å². The Balaban J connectivity index is 1.35. The molecule has 2 aliphatic heterocycles. The SMILES string of the molecule is CC[C@H](C)[C@@H]1NC(=O)[C@H](C)N(C)C(=O)C[C@@H](C)NC(=O)[C@H](C2CCCC2)N(C)C(=O)C2(CCC2)NC(=O)[C@@H]2CCCN2C(=O)[C@H](CCc2ccc(C(F)(F)F)c(Cl)c2)NC(=O)CN(C)C(=O)[C@H](Cc2ccc(C)cc2)N(C)C(=O)CN(C)C(=O)CN(C)C1=O. The molecule has 490 valence electrons. The number of nitrogens with zero attached hydrogens (tertiary/aromatic N) is 7. The number of amides is 11. The molecule has 0 unspecified atom stereocenters. The number of benzene rings is 2. The van der Waals surface area contributed by atoms with Crippen LogP contribution in [0.2, 0.25) is 5.02 Å². The zero-order valence-corrected chi connectivity index (χ0v) is 53.9. The lowest BCUT2D eigenvalue weighted by Crippen LogP contribution is -2.68. The maximum absolute atomic E-state index is 15.0. The predicted octanol–water partition coefficient (Wildman–Crippen LogP) is 3.86. The second kappa shape index (κ2) is 30.5. The highest BCUT2D eigenvalue weighted by atomic mass is 35.5. The zero-order chi connectivity index (χ0) is 66.0. The maximum atomic E-state index is 15.0. The first-order chi connectivity index (χ1) is 41.8. The van der Waals surface area contributed by atoms with Gasteiger partial charge in [0.2, 0.25) is 65.0 Å². The van der Waals surface area contributed by atoms with Gasteiger partial charge in [0.05, 0.1) is 30.2 Å². The molecule has 6 rings (SSSR count). The lowest BCUT2D eigenvalue weighted by atomic mass is 9.74. The average molecular weight is 1270 g/mol. The van der Waals surface area contributed by atoms with Gasteiger partial charge in [-0.05, 0) is 114 Å². The van der Waals surface area contributed by atoms with Crippen LogP contribution in [0.25, 0.3) is 0 Å². The molecule has 0 aromatic heterocycles. The minimum Gasteiger partial charge on any atom is -0.351 e. The number of fused-ring (bicyclic) bond motifs is 1. The van der Waals surface area contributed by atoms with Crippen LogP contribution in [0.15, 0.2) is 42.5 Å². The van der Waals surface area contributed by atoms with Gasteiger partial charge < -0.3 is 55.6 Å². The van der Waals surface area contributed by atoms with Crippen molar-refractivity contribution >= 4 is 76.6 Å². The number of alkyl halides is 3. The summed E-state index contributed by atoms with van der Waals surface area (Å²) in [6, 6.07) is 2.47. The van der Waals surface area contributed by atoms with Crippen molar-refractivity contribution in [1.82, 2.24) is 55.6 Å². The van der Waals surface area contributed by atoms with E-state index >= 15 is 0 Å². The van der Waals surface area contributed by atoms with Crippen molar-refractivity contribution in [3.05, 3.63) is 69.7 Å². The molecule has 2 aromatic carbocycles. The van der Waals surface area contributed by atoms with E-state index in [-0.39, 0.29) is 57.4 Å². The first-order valence-electron chi connectivity index (χ1n) is 30.7. The fourth-order valence-electron chi connectivity index (χ4n) is 12.2. The van der Waals surface area contributed by atoms with E-state index in [1.54, 1.807) is 26.0 Å². The Morgan fingerprint density at radius 2 is 1.28 bits per heavy atom. The van der Waals surface area contributed by atoms with Gasteiger partial charge in [0.1, 0.15) is 41.8 Å². The van der Waals surface area contributed by atoms with Gasteiger partial charge in [0.15, 0.2) is 0 Å². The van der Waals surface area contributed by atoms with E-state index in [1.165, 1.54) is 70.0 Å². The van der Waals surface area contributed by atoms with Crippen LogP contribution in [0.5, 0.6) is 0 Å². The Bertz CT molecular complexity index is 2960. The van der Waals surface area contributed by atoms with Crippen molar-refractivity contribution in [2.75, 3.05) is 68.5 Å². The zero-order valence-electron chi connectivity index (χ0n) is 53.1. The summed E-state index contributed by atoms with van der Waals surface area (Å²) in [5, 5.41) is 10.8. The molecule has 89 heavy (non-hydrogen) atoms. The van der Waals surface area contributed by atoms with E-state index in [4.69, 9.17) is 11.6 Å². The van der Waals surface area contributed by atoms with E-state index < -0.39 is 155 Å². The van der Waals surface area contributed by atoms with Crippen molar-refractivity contribution in [3.63, 3.8) is 0 Å². The molecule has 26 heteroatoms. The molecule has 2 heterocycles. The van der Waals surface area contributed by atoms with E-state index in [2.05, 4.69) is 21.3 Å². The van der Waals surface area contributed by atoms with Crippen LogP contribution >= 0.6 is 11.6 Å². The molecule has 11 amide bonds. The molecule has 2 aromatic rings. The number of rotatable bonds is 8. The summed E-state index contributed by atoms with van der Waals surface area (Å²) in [5.74, 6) is -7.78. The Kier molecular flexibility index (Phi) is 24.2. The van der Waals surface area contributed by atoms with Crippen LogP contribution in [-0.2, 0) is 71.8 Å². The molecule has 2 saturated carbocycles. The number of carbonyl (C=O) groups excluding carboxylic acids is 11. The fourth-order valence-corrected chi connectivity index (χ4v) is 12.5. The minimum atomic E-state index is -4.75. The molecule has 0 radical (unpaired) electrons. The van der Waals surface area contributed by atoms with Gasteiger partial charge in [-0.25, -0.2) is 0 Å². The number of hydrogen-bond acceptors (Lipinski definition) is 11.